The number of sulfone groups is 1. The van der Waals surface area contributed by atoms with Crippen molar-refractivity contribution in [1.29, 1.82) is 0 Å². The van der Waals surface area contributed by atoms with Crippen molar-refractivity contribution in [2.24, 2.45) is 0 Å². The van der Waals surface area contributed by atoms with Crippen molar-refractivity contribution in [3.63, 3.8) is 0 Å². The third-order valence-corrected chi connectivity index (χ3v) is 5.00. The Kier molecular flexibility index (Phi) is 5.15. The molecule has 1 rings (SSSR count). The Hall–Kier alpha value is -0.870. The van der Waals surface area contributed by atoms with Gasteiger partial charge in [0.15, 0.2) is 9.84 Å². The highest BCUT2D eigenvalue weighted by Crippen LogP contribution is 2.17. The van der Waals surface area contributed by atoms with E-state index in [1.54, 1.807) is 13.8 Å². The normalized spacial score (nSPS) is 13.9. The Morgan fingerprint density at radius 2 is 1.76 bits per heavy atom. The summed E-state index contributed by atoms with van der Waals surface area (Å²) in [5.74, 6) is 0.155. The zero-order valence-electron chi connectivity index (χ0n) is 10.7. The van der Waals surface area contributed by atoms with Gasteiger partial charge in [-0.3, -0.25) is 0 Å². The molecule has 0 aliphatic carbocycles. The Labute approximate surface area is 104 Å². The first-order chi connectivity index (χ1) is 7.97. The molecule has 0 fully saturated rings. The van der Waals surface area contributed by atoms with E-state index in [0.29, 0.717) is 0 Å². The van der Waals surface area contributed by atoms with Crippen LogP contribution in [0.15, 0.2) is 30.3 Å². The van der Waals surface area contributed by atoms with Crippen LogP contribution in [0.4, 0.5) is 0 Å². The lowest BCUT2D eigenvalue weighted by Gasteiger charge is -2.19. The lowest BCUT2D eigenvalue weighted by Crippen LogP contribution is -2.31. The van der Waals surface area contributed by atoms with Gasteiger partial charge in [0.2, 0.25) is 0 Å². The summed E-state index contributed by atoms with van der Waals surface area (Å²) in [6.07, 6.45) is 0. The summed E-state index contributed by atoms with van der Waals surface area (Å²) in [5, 5.41) is 2.90. The fourth-order valence-electron chi connectivity index (χ4n) is 1.63. The van der Waals surface area contributed by atoms with E-state index in [1.165, 1.54) is 0 Å². The van der Waals surface area contributed by atoms with E-state index >= 15 is 0 Å². The maximum Gasteiger partial charge on any atom is 0.154 e. The highest BCUT2D eigenvalue weighted by molar-refractivity contribution is 7.92. The molecule has 1 aromatic carbocycles. The second kappa shape index (κ2) is 6.17. The molecule has 0 aliphatic heterocycles. The lowest BCUT2D eigenvalue weighted by atomic mass is 10.1. The Balaban J connectivity index is 2.89. The van der Waals surface area contributed by atoms with Crippen LogP contribution in [-0.2, 0) is 9.84 Å². The summed E-state index contributed by atoms with van der Waals surface area (Å²) < 4.78 is 23.9. The van der Waals surface area contributed by atoms with E-state index in [0.717, 1.165) is 12.1 Å². The van der Waals surface area contributed by atoms with Crippen molar-refractivity contribution in [3.8, 4) is 0 Å². The molecule has 0 bridgehead atoms. The smallest absolute Gasteiger partial charge is 0.154 e. The first-order valence-electron chi connectivity index (χ1n) is 5.97. The molecule has 96 valence electrons. The van der Waals surface area contributed by atoms with Gasteiger partial charge >= 0.3 is 0 Å². The van der Waals surface area contributed by atoms with Crippen molar-refractivity contribution in [1.82, 2.24) is 5.32 Å². The highest BCUT2D eigenvalue weighted by atomic mass is 32.2. The van der Waals surface area contributed by atoms with Crippen LogP contribution in [0.2, 0.25) is 0 Å². The van der Waals surface area contributed by atoms with Crippen LogP contribution in [-0.4, -0.2) is 26.0 Å². The molecule has 0 spiro atoms. The summed E-state index contributed by atoms with van der Waals surface area (Å²) >= 11 is 0. The number of rotatable bonds is 6. The second-order valence-corrected chi connectivity index (χ2v) is 7.00. The van der Waals surface area contributed by atoms with Crippen LogP contribution < -0.4 is 5.32 Å². The summed E-state index contributed by atoms with van der Waals surface area (Å²) in [4.78, 5) is 0. The minimum atomic E-state index is -3.03. The summed E-state index contributed by atoms with van der Waals surface area (Å²) in [5.41, 5.74) is 1.03. The Morgan fingerprint density at radius 3 is 2.24 bits per heavy atom. The highest BCUT2D eigenvalue weighted by Gasteiger charge is 2.22. The fraction of sp³-hybridized carbons (Fsp3) is 0.538. The molecular formula is C13H21NO2S. The van der Waals surface area contributed by atoms with Crippen molar-refractivity contribution in [2.45, 2.75) is 32.1 Å². The first-order valence-corrected chi connectivity index (χ1v) is 7.68. The standard InChI is InChI=1S/C13H21NO2S/c1-4-14-13(10-17(15,16)11(2)3)12-8-6-5-7-9-12/h5-9,11,13-14H,4,10H2,1-3H3. The molecule has 1 unspecified atom stereocenters. The largest absolute Gasteiger partial charge is 0.309 e. The third-order valence-electron chi connectivity index (χ3n) is 2.77. The van der Waals surface area contributed by atoms with E-state index in [4.69, 9.17) is 0 Å². The van der Waals surface area contributed by atoms with Gasteiger partial charge in [0.1, 0.15) is 0 Å². The molecule has 1 aromatic rings. The molecule has 0 radical (unpaired) electrons. The van der Waals surface area contributed by atoms with Crippen LogP contribution in [0.5, 0.6) is 0 Å². The van der Waals surface area contributed by atoms with Gasteiger partial charge < -0.3 is 5.32 Å². The van der Waals surface area contributed by atoms with Crippen LogP contribution in [0.25, 0.3) is 0 Å². The van der Waals surface area contributed by atoms with Gasteiger partial charge in [-0.2, -0.15) is 0 Å². The van der Waals surface area contributed by atoms with Crippen LogP contribution >= 0.6 is 0 Å². The van der Waals surface area contributed by atoms with E-state index in [-0.39, 0.29) is 17.0 Å². The molecule has 0 aromatic heterocycles. The summed E-state index contributed by atoms with van der Waals surface area (Å²) in [6.45, 7) is 6.19. The molecule has 3 nitrogen and oxygen atoms in total. The van der Waals surface area contributed by atoms with Crippen LogP contribution in [0.1, 0.15) is 32.4 Å². The van der Waals surface area contributed by atoms with Crippen molar-refractivity contribution in [3.05, 3.63) is 35.9 Å². The van der Waals surface area contributed by atoms with E-state index in [9.17, 15) is 8.42 Å². The van der Waals surface area contributed by atoms with Crippen LogP contribution in [0.3, 0.4) is 0 Å². The SMILES string of the molecule is CCNC(CS(=O)(=O)C(C)C)c1ccccc1. The molecule has 0 amide bonds. The molecule has 0 heterocycles. The van der Waals surface area contributed by atoms with Gasteiger partial charge in [-0.1, -0.05) is 37.3 Å². The average Bonchev–Trinajstić information content (AvgIpc) is 2.29. The molecule has 1 atom stereocenters. The fourth-order valence-corrected chi connectivity index (χ4v) is 2.79. The summed E-state index contributed by atoms with van der Waals surface area (Å²) in [7, 11) is -3.03. The summed E-state index contributed by atoms with van der Waals surface area (Å²) in [6, 6.07) is 9.60. The minimum Gasteiger partial charge on any atom is -0.309 e. The lowest BCUT2D eigenvalue weighted by molar-refractivity contribution is 0.553. The quantitative estimate of drug-likeness (QED) is 0.847. The molecule has 4 heteroatoms. The van der Waals surface area contributed by atoms with Gasteiger partial charge in [-0.05, 0) is 26.0 Å². The van der Waals surface area contributed by atoms with Crippen molar-refractivity contribution >= 4 is 9.84 Å². The predicted octanol–water partition coefficient (Wildman–Crippen LogP) is 2.16. The van der Waals surface area contributed by atoms with Crippen molar-refractivity contribution in [2.75, 3.05) is 12.3 Å². The predicted molar refractivity (Wildman–Crippen MR) is 71.8 cm³/mol. The number of hydrogen-bond donors (Lipinski definition) is 1. The minimum absolute atomic E-state index is 0.117. The number of benzene rings is 1. The van der Waals surface area contributed by atoms with E-state index in [1.807, 2.05) is 37.3 Å². The van der Waals surface area contributed by atoms with Gasteiger partial charge in [0.25, 0.3) is 0 Å². The number of nitrogens with one attached hydrogen (secondary N) is 1. The average molecular weight is 255 g/mol. The Bertz CT molecular complexity index is 426. The molecule has 0 saturated heterocycles. The van der Waals surface area contributed by atoms with Crippen molar-refractivity contribution < 1.29 is 8.42 Å². The third kappa shape index (κ3) is 4.13. The molecule has 0 aliphatic rings. The molecular weight excluding hydrogens is 234 g/mol. The van der Waals surface area contributed by atoms with Gasteiger partial charge in [-0.15, -0.1) is 0 Å². The van der Waals surface area contributed by atoms with Gasteiger partial charge in [0, 0.05) is 6.04 Å². The van der Waals surface area contributed by atoms with E-state index in [2.05, 4.69) is 5.32 Å². The van der Waals surface area contributed by atoms with E-state index < -0.39 is 9.84 Å². The topological polar surface area (TPSA) is 46.2 Å². The first kappa shape index (κ1) is 14.2. The zero-order chi connectivity index (χ0) is 12.9. The second-order valence-electron chi connectivity index (χ2n) is 4.40. The zero-order valence-corrected chi connectivity index (χ0v) is 11.5. The van der Waals surface area contributed by atoms with Gasteiger partial charge in [0.05, 0.1) is 11.0 Å². The monoisotopic (exact) mass is 255 g/mol. The van der Waals surface area contributed by atoms with Gasteiger partial charge in [-0.25, -0.2) is 8.42 Å². The molecule has 0 saturated carbocycles. The maximum atomic E-state index is 11.9. The number of hydrogen-bond acceptors (Lipinski definition) is 3. The molecule has 1 N–H and O–H groups in total. The maximum absolute atomic E-state index is 11.9. The molecule has 17 heavy (non-hydrogen) atoms. The Morgan fingerprint density at radius 1 is 1.18 bits per heavy atom. The van der Waals surface area contributed by atoms with Crippen LogP contribution in [0, 0.1) is 0 Å².